The Hall–Kier alpha value is -3.50. The molecule has 4 rings (SSSR count). The molecule has 0 radical (unpaired) electrons. The molecule has 1 spiro atoms. The van der Waals surface area contributed by atoms with Crippen LogP contribution in [0.2, 0.25) is 0 Å². The van der Waals surface area contributed by atoms with Crippen molar-refractivity contribution in [2.24, 2.45) is 17.3 Å². The average Bonchev–Trinajstić information content (AvgIpc) is 3.66. The number of likely N-dealkylation sites (tertiary alicyclic amines) is 1. The van der Waals surface area contributed by atoms with Crippen LogP contribution in [0.4, 0.5) is 0 Å². The van der Waals surface area contributed by atoms with E-state index in [9.17, 15) is 19.5 Å². The quantitative estimate of drug-likeness (QED) is 0.200. The van der Waals surface area contributed by atoms with Crippen molar-refractivity contribution in [2.45, 2.75) is 115 Å². The summed E-state index contributed by atoms with van der Waals surface area (Å²) in [6.07, 6.45) is 4.87. The van der Waals surface area contributed by atoms with E-state index in [0.29, 0.717) is 32.1 Å². The lowest BCUT2D eigenvalue weighted by Crippen LogP contribution is -2.62. The lowest BCUT2D eigenvalue weighted by molar-refractivity contribution is -0.160. The van der Waals surface area contributed by atoms with Crippen LogP contribution in [0, 0.1) is 17.3 Å². The van der Waals surface area contributed by atoms with Crippen molar-refractivity contribution < 1.29 is 33.8 Å². The Morgan fingerprint density at radius 2 is 1.85 bits per heavy atom. The molecule has 2 N–H and O–H groups in total. The molecule has 0 aliphatic carbocycles. The van der Waals surface area contributed by atoms with Crippen molar-refractivity contribution in [3.63, 3.8) is 0 Å². The lowest BCUT2D eigenvalue weighted by Gasteiger charge is -2.46. The number of benzene rings is 1. The second-order valence-electron chi connectivity index (χ2n) is 15.5. The highest BCUT2D eigenvalue weighted by Crippen LogP contribution is 2.59. The van der Waals surface area contributed by atoms with Gasteiger partial charge in [-0.1, -0.05) is 63.3 Å². The van der Waals surface area contributed by atoms with E-state index in [1.54, 1.807) is 24.0 Å². The number of carbonyl (C=O) groups excluding carboxylic acids is 4. The monoisotopic (exact) mass is 665 g/mol. The molecule has 0 unspecified atom stereocenters. The van der Waals surface area contributed by atoms with Crippen molar-refractivity contribution in [3.05, 3.63) is 61.2 Å². The zero-order chi connectivity index (χ0) is 35.4. The molecule has 48 heavy (non-hydrogen) atoms. The Labute approximate surface area is 285 Å². The molecular formula is C38H55N3O7. The molecule has 1 aromatic carbocycles. The second-order valence-corrected chi connectivity index (χ2v) is 15.5. The van der Waals surface area contributed by atoms with Gasteiger partial charge in [-0.2, -0.15) is 0 Å². The van der Waals surface area contributed by atoms with Gasteiger partial charge in [-0.05, 0) is 63.9 Å². The van der Waals surface area contributed by atoms with Crippen molar-refractivity contribution in [2.75, 3.05) is 19.7 Å². The molecule has 0 aromatic heterocycles. The van der Waals surface area contributed by atoms with E-state index in [1.807, 2.05) is 44.2 Å². The van der Waals surface area contributed by atoms with Gasteiger partial charge in [-0.25, -0.2) is 0 Å². The van der Waals surface area contributed by atoms with Gasteiger partial charge in [-0.15, -0.1) is 13.2 Å². The topological polar surface area (TPSA) is 125 Å². The summed E-state index contributed by atoms with van der Waals surface area (Å²) in [6, 6.07) is 7.76. The van der Waals surface area contributed by atoms with Gasteiger partial charge >= 0.3 is 5.97 Å². The van der Waals surface area contributed by atoms with Crippen LogP contribution in [0.3, 0.4) is 0 Å². The zero-order valence-electron chi connectivity index (χ0n) is 29.6. The van der Waals surface area contributed by atoms with Crippen molar-refractivity contribution in [1.29, 1.82) is 0 Å². The molecule has 3 aliphatic heterocycles. The van der Waals surface area contributed by atoms with Crippen molar-refractivity contribution in [1.82, 2.24) is 15.1 Å². The summed E-state index contributed by atoms with van der Waals surface area (Å²) in [5.74, 6) is -3.29. The summed E-state index contributed by atoms with van der Waals surface area (Å²) in [5, 5.41) is 13.6. The van der Waals surface area contributed by atoms with Crippen LogP contribution in [-0.4, -0.2) is 93.7 Å². The Morgan fingerprint density at radius 1 is 1.17 bits per heavy atom. The molecule has 264 valence electrons. The van der Waals surface area contributed by atoms with Gasteiger partial charge in [0.05, 0.1) is 37.1 Å². The van der Waals surface area contributed by atoms with Crippen LogP contribution >= 0.6 is 0 Å². The molecular weight excluding hydrogens is 610 g/mol. The van der Waals surface area contributed by atoms with Gasteiger partial charge < -0.3 is 29.7 Å². The fourth-order valence-corrected chi connectivity index (χ4v) is 8.37. The number of allylic oxidation sites excluding steroid dienone is 1. The number of ether oxygens (including phenoxy) is 2. The zero-order valence-corrected chi connectivity index (χ0v) is 29.6. The van der Waals surface area contributed by atoms with Crippen LogP contribution in [0.15, 0.2) is 55.6 Å². The van der Waals surface area contributed by atoms with Gasteiger partial charge in [0, 0.05) is 18.5 Å². The largest absolute Gasteiger partial charge is 0.460 e. The molecule has 1 aromatic rings. The highest BCUT2D eigenvalue weighted by atomic mass is 16.6. The first-order chi connectivity index (χ1) is 22.6. The summed E-state index contributed by atoms with van der Waals surface area (Å²) in [4.78, 5) is 59.1. The number of aliphatic hydroxyl groups is 1. The van der Waals surface area contributed by atoms with E-state index < -0.39 is 53.2 Å². The molecule has 7 atom stereocenters. The minimum atomic E-state index is -1.26. The molecule has 0 saturated carbocycles. The number of rotatable bonds is 16. The molecule has 3 saturated heterocycles. The lowest BCUT2D eigenvalue weighted by atomic mass is 9.70. The molecule has 10 heteroatoms. The van der Waals surface area contributed by atoms with Gasteiger partial charge in [0.2, 0.25) is 17.7 Å². The minimum Gasteiger partial charge on any atom is -0.460 e. The third-order valence-electron chi connectivity index (χ3n) is 9.91. The van der Waals surface area contributed by atoms with Crippen LogP contribution in [0.5, 0.6) is 0 Å². The van der Waals surface area contributed by atoms with E-state index >= 15 is 4.79 Å². The Morgan fingerprint density at radius 3 is 2.46 bits per heavy atom. The first-order valence-corrected chi connectivity index (χ1v) is 17.3. The maximum Gasteiger partial charge on any atom is 0.312 e. The molecule has 3 heterocycles. The summed E-state index contributed by atoms with van der Waals surface area (Å²) < 4.78 is 12.5. The predicted octanol–water partition coefficient (Wildman–Crippen LogP) is 4.21. The van der Waals surface area contributed by atoms with Gasteiger partial charge in [-0.3, -0.25) is 19.2 Å². The second kappa shape index (κ2) is 14.9. The van der Waals surface area contributed by atoms with Crippen LogP contribution in [0.25, 0.3) is 0 Å². The normalized spacial score (nSPS) is 26.1. The molecule has 10 nitrogen and oxygen atoms in total. The Bertz CT molecular complexity index is 1360. The molecule has 3 fully saturated rings. The van der Waals surface area contributed by atoms with E-state index in [2.05, 4.69) is 39.2 Å². The van der Waals surface area contributed by atoms with Gasteiger partial charge in [0.15, 0.2) is 0 Å². The van der Waals surface area contributed by atoms with Crippen molar-refractivity contribution in [3.8, 4) is 0 Å². The number of nitrogens with one attached hydrogen (secondary N) is 1. The van der Waals surface area contributed by atoms with Crippen LogP contribution in [-0.2, 0) is 35.1 Å². The first kappa shape index (κ1) is 37.3. The highest BCUT2D eigenvalue weighted by Gasteiger charge is 2.76. The van der Waals surface area contributed by atoms with Gasteiger partial charge in [0.25, 0.3) is 0 Å². The predicted molar refractivity (Wildman–Crippen MR) is 184 cm³/mol. The molecule has 3 aliphatic rings. The maximum absolute atomic E-state index is 15.1. The van der Waals surface area contributed by atoms with Gasteiger partial charge in [0.1, 0.15) is 17.7 Å². The smallest absolute Gasteiger partial charge is 0.312 e. The van der Waals surface area contributed by atoms with E-state index in [4.69, 9.17) is 9.47 Å². The number of hydrogen-bond acceptors (Lipinski definition) is 7. The average molecular weight is 666 g/mol. The third kappa shape index (κ3) is 7.70. The summed E-state index contributed by atoms with van der Waals surface area (Å²) in [6.45, 7) is 19.7. The third-order valence-corrected chi connectivity index (χ3v) is 9.91. The van der Waals surface area contributed by atoms with Crippen molar-refractivity contribution >= 4 is 23.7 Å². The van der Waals surface area contributed by atoms with Crippen LogP contribution in [0.1, 0.15) is 79.2 Å². The first-order valence-electron chi connectivity index (χ1n) is 17.3. The standard InChI is InChI=1S/C38H55N3O7/c1-9-11-17-29(43)39-22-25(3)47-35(46)30-28-18-19-38(48-28)31(30)33(44)41(27(23-42)21-26-15-13-12-14-16-26)32(38)34(45)40(20-10-2)37(7,8)24-36(4,5)6/h9-10,12-16,25,27-28,30-32,42H,1-2,11,17-24H2,3-8H3,(H,39,43)/t25-,27+,28-,30+,31+,32-,38+/m0/s1. The fourth-order valence-electron chi connectivity index (χ4n) is 8.37. The number of hydrogen-bond donors (Lipinski definition) is 2. The minimum absolute atomic E-state index is 0.102. The van der Waals surface area contributed by atoms with E-state index in [1.165, 1.54) is 4.90 Å². The fraction of sp³-hybridized carbons (Fsp3) is 0.632. The summed E-state index contributed by atoms with van der Waals surface area (Å²) in [5.41, 5.74) is -1.06. The maximum atomic E-state index is 15.1. The Kier molecular flexibility index (Phi) is 11.6. The van der Waals surface area contributed by atoms with Crippen LogP contribution < -0.4 is 5.32 Å². The van der Waals surface area contributed by atoms with E-state index in [-0.39, 0.29) is 49.3 Å². The number of nitrogens with zero attached hydrogens (tertiary/aromatic N) is 2. The number of amides is 3. The summed E-state index contributed by atoms with van der Waals surface area (Å²) in [7, 11) is 0. The summed E-state index contributed by atoms with van der Waals surface area (Å²) >= 11 is 0. The number of fused-ring (bicyclic) bond motifs is 1. The number of aliphatic hydroxyl groups excluding tert-OH is 1. The SMILES string of the molecule is C=CCCC(=O)NC[C@H](C)OC(=O)[C@@H]1[C@@H]2CC[C@]3(O2)[C@H](C(=O)N(CC=C)C(C)(C)CC(C)(C)C)N([C@@H](CO)Cc2ccccc2)C(=O)[C@@H]13. The number of carbonyl (C=O) groups is 4. The van der Waals surface area contributed by atoms with E-state index in [0.717, 1.165) is 5.56 Å². The highest BCUT2D eigenvalue weighted by molar-refractivity contribution is 5.98. The number of esters is 1. The molecule has 3 amide bonds. The molecule has 2 bridgehead atoms. The Balaban J connectivity index is 1.70.